The molecule has 0 aromatic heterocycles. The first-order valence-corrected chi connectivity index (χ1v) is 13.0. The molecular weight excluding hydrogens is 422 g/mol. The highest BCUT2D eigenvalue weighted by Gasteiger charge is 2.21. The van der Waals surface area contributed by atoms with Gasteiger partial charge in [0.1, 0.15) is 0 Å². The van der Waals surface area contributed by atoms with Crippen molar-refractivity contribution in [2.75, 3.05) is 6.54 Å². The first-order valence-electron chi connectivity index (χ1n) is 13.0. The van der Waals surface area contributed by atoms with Gasteiger partial charge in [-0.15, -0.1) is 0 Å². The lowest BCUT2D eigenvalue weighted by Gasteiger charge is -2.29. The quantitative estimate of drug-likeness (QED) is 0.326. The van der Waals surface area contributed by atoms with Crippen molar-refractivity contribution >= 4 is 6.08 Å². The van der Waals surface area contributed by atoms with Gasteiger partial charge in [0.05, 0.1) is 0 Å². The molecular formula is C34H35N. The fourth-order valence-electron chi connectivity index (χ4n) is 5.13. The molecule has 0 radical (unpaired) electrons. The molecule has 1 aliphatic heterocycles. The van der Waals surface area contributed by atoms with E-state index in [1.807, 2.05) is 0 Å². The van der Waals surface area contributed by atoms with Crippen molar-refractivity contribution < 1.29 is 0 Å². The minimum atomic E-state index is 0.211. The summed E-state index contributed by atoms with van der Waals surface area (Å²) < 4.78 is 0. The predicted molar refractivity (Wildman–Crippen MR) is 149 cm³/mol. The van der Waals surface area contributed by atoms with Gasteiger partial charge in [0, 0.05) is 24.4 Å². The molecule has 0 bridgehead atoms. The zero-order chi connectivity index (χ0) is 23.9. The summed E-state index contributed by atoms with van der Waals surface area (Å²) in [5.41, 5.74) is 8.03. The molecule has 0 spiro atoms. The van der Waals surface area contributed by atoms with Gasteiger partial charge in [0.25, 0.3) is 0 Å². The van der Waals surface area contributed by atoms with Gasteiger partial charge in [-0.05, 0) is 59.1 Å². The maximum absolute atomic E-state index is 2.39. The predicted octanol–water partition coefficient (Wildman–Crippen LogP) is 8.85. The molecule has 0 amide bonds. The Bertz CT molecular complexity index is 1190. The lowest BCUT2D eigenvalue weighted by molar-refractivity contribution is 0.420. The van der Waals surface area contributed by atoms with Crippen LogP contribution in [0.25, 0.3) is 6.08 Å². The number of hydrogen-bond acceptors (Lipinski definition) is 1. The number of hydrogen-bond donors (Lipinski definition) is 0. The van der Waals surface area contributed by atoms with Crippen LogP contribution in [0.4, 0.5) is 0 Å². The fraction of sp³-hybridized carbons (Fsp3) is 0.235. The standard InChI is InChI=1S/C34H35N/c1-2-12-33-23-22-32(34(29-15-5-3-6-16-29)30-17-7-4-8-18-30)26-35(33)24-11-14-27-13-9-21-31(25-27)28-19-10-20-28/h3-9,11-18,21-23,25-26,28,34H,2,10,19-20,24H2,1H3/b14-11+,33-12-. The molecule has 0 saturated heterocycles. The Morgan fingerprint density at radius 3 is 2.20 bits per heavy atom. The van der Waals surface area contributed by atoms with E-state index in [1.54, 1.807) is 0 Å². The van der Waals surface area contributed by atoms with E-state index in [1.165, 1.54) is 52.8 Å². The average molecular weight is 458 g/mol. The second-order valence-electron chi connectivity index (χ2n) is 9.61. The van der Waals surface area contributed by atoms with Crippen LogP contribution in [0.5, 0.6) is 0 Å². The maximum atomic E-state index is 2.39. The highest BCUT2D eigenvalue weighted by atomic mass is 15.1. The number of nitrogens with zero attached hydrogens (tertiary/aromatic N) is 1. The Balaban J connectivity index is 1.41. The van der Waals surface area contributed by atoms with E-state index in [2.05, 4.69) is 133 Å². The van der Waals surface area contributed by atoms with Crippen LogP contribution in [0.1, 0.15) is 66.7 Å². The SMILES string of the molecule is CC/C=C1/C=CC(C(c2ccccc2)c2ccccc2)=CN1C/C=C/c1cccc(C2CCC2)c1. The monoisotopic (exact) mass is 457 g/mol. The topological polar surface area (TPSA) is 3.24 Å². The summed E-state index contributed by atoms with van der Waals surface area (Å²) in [7, 11) is 0. The molecule has 1 saturated carbocycles. The van der Waals surface area contributed by atoms with E-state index < -0.39 is 0 Å². The van der Waals surface area contributed by atoms with Crippen molar-refractivity contribution in [2.24, 2.45) is 0 Å². The van der Waals surface area contributed by atoms with Crippen LogP contribution < -0.4 is 0 Å². The van der Waals surface area contributed by atoms with Crippen molar-refractivity contribution in [3.8, 4) is 0 Å². The first-order chi connectivity index (χ1) is 17.3. The maximum Gasteiger partial charge on any atom is 0.0409 e. The van der Waals surface area contributed by atoms with Crippen LogP contribution in [0, 0.1) is 0 Å². The second-order valence-corrected chi connectivity index (χ2v) is 9.61. The summed E-state index contributed by atoms with van der Waals surface area (Å²) in [6, 6.07) is 30.8. The van der Waals surface area contributed by atoms with E-state index in [0.29, 0.717) is 0 Å². The fourth-order valence-corrected chi connectivity index (χ4v) is 5.13. The highest BCUT2D eigenvalue weighted by Crippen LogP contribution is 2.37. The molecule has 2 aliphatic rings. The van der Waals surface area contributed by atoms with Crippen molar-refractivity contribution in [3.63, 3.8) is 0 Å². The van der Waals surface area contributed by atoms with Gasteiger partial charge in [-0.2, -0.15) is 0 Å². The molecule has 5 rings (SSSR count). The van der Waals surface area contributed by atoms with Crippen LogP contribution in [-0.2, 0) is 0 Å². The molecule has 1 aliphatic carbocycles. The lowest BCUT2D eigenvalue weighted by atomic mass is 9.80. The van der Waals surface area contributed by atoms with E-state index in [4.69, 9.17) is 0 Å². The van der Waals surface area contributed by atoms with Crippen molar-refractivity contribution in [1.29, 1.82) is 0 Å². The average Bonchev–Trinajstić information content (AvgIpc) is 2.86. The van der Waals surface area contributed by atoms with Gasteiger partial charge in [-0.25, -0.2) is 0 Å². The van der Waals surface area contributed by atoms with E-state index in [-0.39, 0.29) is 5.92 Å². The first kappa shape index (κ1) is 23.2. The third-order valence-electron chi connectivity index (χ3n) is 7.20. The Hall–Kier alpha value is -3.58. The van der Waals surface area contributed by atoms with Crippen LogP contribution in [0.2, 0.25) is 0 Å². The summed E-state index contributed by atoms with van der Waals surface area (Å²) >= 11 is 0. The smallest absolute Gasteiger partial charge is 0.0409 e. The molecule has 1 heterocycles. The summed E-state index contributed by atoms with van der Waals surface area (Å²) in [5, 5.41) is 0. The second kappa shape index (κ2) is 11.2. The van der Waals surface area contributed by atoms with E-state index in [0.717, 1.165) is 18.9 Å². The molecule has 3 aromatic rings. The van der Waals surface area contributed by atoms with Gasteiger partial charge in [-0.3, -0.25) is 0 Å². The molecule has 0 N–H and O–H groups in total. The summed E-state index contributed by atoms with van der Waals surface area (Å²) in [6.07, 6.45) is 18.9. The number of benzene rings is 3. The Morgan fingerprint density at radius 2 is 1.57 bits per heavy atom. The van der Waals surface area contributed by atoms with Gasteiger partial charge in [0.2, 0.25) is 0 Å². The third-order valence-corrected chi connectivity index (χ3v) is 7.20. The molecule has 1 fully saturated rings. The summed E-state index contributed by atoms with van der Waals surface area (Å²) in [5.74, 6) is 0.982. The molecule has 35 heavy (non-hydrogen) atoms. The summed E-state index contributed by atoms with van der Waals surface area (Å²) in [4.78, 5) is 2.39. The van der Waals surface area contributed by atoms with Crippen molar-refractivity contribution in [3.05, 3.63) is 149 Å². The minimum Gasteiger partial charge on any atom is -0.344 e. The lowest BCUT2D eigenvalue weighted by Crippen LogP contribution is -2.20. The van der Waals surface area contributed by atoms with Gasteiger partial charge < -0.3 is 4.90 Å². The van der Waals surface area contributed by atoms with Gasteiger partial charge in [-0.1, -0.05) is 123 Å². The minimum absolute atomic E-state index is 0.211. The molecule has 0 atom stereocenters. The van der Waals surface area contributed by atoms with Gasteiger partial charge in [0.15, 0.2) is 0 Å². The van der Waals surface area contributed by atoms with Crippen LogP contribution in [0.3, 0.4) is 0 Å². The zero-order valence-corrected chi connectivity index (χ0v) is 20.7. The number of rotatable bonds is 8. The third kappa shape index (κ3) is 5.57. The number of allylic oxidation sites excluding steroid dienone is 4. The normalized spacial score (nSPS) is 17.3. The van der Waals surface area contributed by atoms with E-state index >= 15 is 0 Å². The highest BCUT2D eigenvalue weighted by molar-refractivity contribution is 5.52. The zero-order valence-electron chi connectivity index (χ0n) is 20.7. The van der Waals surface area contributed by atoms with Crippen molar-refractivity contribution in [1.82, 2.24) is 4.90 Å². The van der Waals surface area contributed by atoms with Crippen LogP contribution in [0.15, 0.2) is 127 Å². The van der Waals surface area contributed by atoms with Gasteiger partial charge >= 0.3 is 0 Å². The molecule has 0 unspecified atom stereocenters. The van der Waals surface area contributed by atoms with E-state index in [9.17, 15) is 0 Å². The molecule has 1 nitrogen and oxygen atoms in total. The Kier molecular flexibility index (Phi) is 7.44. The summed E-state index contributed by atoms with van der Waals surface area (Å²) in [6.45, 7) is 3.06. The van der Waals surface area contributed by atoms with Crippen LogP contribution >= 0.6 is 0 Å². The Labute approximate surface area is 210 Å². The molecule has 3 aromatic carbocycles. The largest absolute Gasteiger partial charge is 0.344 e. The molecule has 176 valence electrons. The Morgan fingerprint density at radius 1 is 0.857 bits per heavy atom. The van der Waals surface area contributed by atoms with Crippen molar-refractivity contribution in [2.45, 2.75) is 44.4 Å². The van der Waals surface area contributed by atoms with Crippen LogP contribution in [-0.4, -0.2) is 11.4 Å². The molecule has 1 heteroatoms.